The van der Waals surface area contributed by atoms with Crippen LogP contribution in [0.2, 0.25) is 0 Å². The number of nitrogens with zero attached hydrogens (tertiary/aromatic N) is 2. The van der Waals surface area contributed by atoms with Crippen LogP contribution in [0.5, 0.6) is 0 Å². The number of nitriles is 1. The van der Waals surface area contributed by atoms with E-state index in [0.29, 0.717) is 23.5 Å². The number of hydrogen-bond donors (Lipinski definition) is 2. The van der Waals surface area contributed by atoms with Gasteiger partial charge in [-0.05, 0) is 45.2 Å². The zero-order valence-electron chi connectivity index (χ0n) is 13.2. The normalized spacial score (nSPS) is 18.9. The van der Waals surface area contributed by atoms with E-state index in [1.54, 1.807) is 0 Å². The van der Waals surface area contributed by atoms with E-state index in [1.807, 2.05) is 13.8 Å². The third-order valence-corrected chi connectivity index (χ3v) is 5.43. The van der Waals surface area contributed by atoms with E-state index < -0.39 is 0 Å². The molecule has 0 aromatic carbocycles. The van der Waals surface area contributed by atoms with Crippen LogP contribution >= 0.6 is 11.3 Å². The van der Waals surface area contributed by atoms with Gasteiger partial charge in [-0.1, -0.05) is 6.42 Å². The molecule has 6 heteroatoms. The molecule has 2 heterocycles. The summed E-state index contributed by atoms with van der Waals surface area (Å²) in [6.07, 6.45) is 4.00. The van der Waals surface area contributed by atoms with Crippen molar-refractivity contribution < 1.29 is 9.90 Å². The first-order valence-electron chi connectivity index (χ1n) is 7.71. The third kappa shape index (κ3) is 3.86. The number of aliphatic hydroxyl groups excluding tert-OH is 1. The van der Waals surface area contributed by atoms with Gasteiger partial charge in [0.15, 0.2) is 0 Å². The first-order chi connectivity index (χ1) is 10.6. The second-order valence-corrected chi connectivity index (χ2v) is 7.00. The van der Waals surface area contributed by atoms with Crippen LogP contribution in [-0.2, 0) is 4.79 Å². The van der Waals surface area contributed by atoms with Gasteiger partial charge in [-0.3, -0.25) is 9.69 Å². The first kappa shape index (κ1) is 16.9. The Morgan fingerprint density at radius 2 is 2.27 bits per heavy atom. The lowest BCUT2D eigenvalue weighted by atomic mass is 10.00. The van der Waals surface area contributed by atoms with Crippen LogP contribution in [0.4, 0.5) is 5.00 Å². The Bertz CT molecular complexity index is 575. The fourth-order valence-electron chi connectivity index (χ4n) is 2.94. The summed E-state index contributed by atoms with van der Waals surface area (Å²) >= 11 is 1.45. The molecule has 22 heavy (non-hydrogen) atoms. The number of aryl methyl sites for hydroxylation is 1. The van der Waals surface area contributed by atoms with E-state index in [4.69, 9.17) is 5.11 Å². The van der Waals surface area contributed by atoms with Crippen molar-refractivity contribution in [2.24, 2.45) is 0 Å². The minimum absolute atomic E-state index is 0.0809. The number of amides is 1. The molecule has 2 rings (SSSR count). The number of piperidine rings is 1. The Morgan fingerprint density at radius 1 is 1.50 bits per heavy atom. The number of carbonyl (C=O) groups is 1. The lowest BCUT2D eigenvalue weighted by molar-refractivity contribution is -0.118. The molecule has 1 fully saturated rings. The van der Waals surface area contributed by atoms with Crippen LogP contribution < -0.4 is 5.32 Å². The summed E-state index contributed by atoms with van der Waals surface area (Å²) in [5, 5.41) is 21.9. The number of likely N-dealkylation sites (tertiary alicyclic amines) is 1. The minimum atomic E-state index is -0.0809. The van der Waals surface area contributed by atoms with E-state index in [2.05, 4.69) is 16.3 Å². The van der Waals surface area contributed by atoms with Crippen molar-refractivity contribution in [3.05, 3.63) is 16.0 Å². The molecule has 1 atom stereocenters. The maximum atomic E-state index is 12.3. The fraction of sp³-hybridized carbons (Fsp3) is 0.625. The van der Waals surface area contributed by atoms with E-state index in [-0.39, 0.29) is 18.6 Å². The van der Waals surface area contributed by atoms with Gasteiger partial charge in [-0.25, -0.2) is 0 Å². The number of carbonyl (C=O) groups excluding carboxylic acids is 1. The summed E-state index contributed by atoms with van der Waals surface area (Å²) in [5.41, 5.74) is 1.51. The largest absolute Gasteiger partial charge is 0.396 e. The van der Waals surface area contributed by atoms with Gasteiger partial charge in [0.05, 0.1) is 12.1 Å². The molecular formula is C16H23N3O2S. The van der Waals surface area contributed by atoms with Crippen LogP contribution in [0, 0.1) is 25.2 Å². The van der Waals surface area contributed by atoms with Gasteiger partial charge in [0.1, 0.15) is 11.1 Å². The molecule has 0 aliphatic carbocycles. The molecule has 1 saturated heterocycles. The summed E-state index contributed by atoms with van der Waals surface area (Å²) in [5.74, 6) is -0.0809. The second kappa shape index (κ2) is 7.73. The highest BCUT2D eigenvalue weighted by molar-refractivity contribution is 7.16. The number of nitrogens with one attached hydrogen (secondary N) is 1. The van der Waals surface area contributed by atoms with Gasteiger partial charge in [0, 0.05) is 17.5 Å². The topological polar surface area (TPSA) is 76.4 Å². The second-order valence-electron chi connectivity index (χ2n) is 5.78. The molecule has 1 aromatic heterocycles. The van der Waals surface area contributed by atoms with Crippen molar-refractivity contribution in [1.82, 2.24) is 4.90 Å². The molecular weight excluding hydrogens is 298 g/mol. The van der Waals surface area contributed by atoms with Crippen LogP contribution in [0.25, 0.3) is 0 Å². The molecule has 1 aliphatic rings. The lowest BCUT2D eigenvalue weighted by Crippen LogP contribution is -2.44. The van der Waals surface area contributed by atoms with Gasteiger partial charge in [0.25, 0.3) is 0 Å². The van der Waals surface area contributed by atoms with E-state index in [9.17, 15) is 10.1 Å². The summed E-state index contributed by atoms with van der Waals surface area (Å²) < 4.78 is 0. The van der Waals surface area contributed by atoms with Gasteiger partial charge >= 0.3 is 0 Å². The predicted octanol–water partition coefficient (Wildman–Crippen LogP) is 2.41. The van der Waals surface area contributed by atoms with E-state index in [0.717, 1.165) is 36.2 Å². The smallest absolute Gasteiger partial charge is 0.239 e. The van der Waals surface area contributed by atoms with Gasteiger partial charge in [0.2, 0.25) is 5.91 Å². The Morgan fingerprint density at radius 3 is 2.95 bits per heavy atom. The fourth-order valence-corrected chi connectivity index (χ4v) is 3.97. The van der Waals surface area contributed by atoms with Crippen LogP contribution in [-0.4, -0.2) is 41.7 Å². The number of rotatable bonds is 5. The van der Waals surface area contributed by atoms with Gasteiger partial charge in [-0.2, -0.15) is 5.26 Å². The number of anilines is 1. The molecule has 1 aromatic rings. The quantitative estimate of drug-likeness (QED) is 0.873. The van der Waals surface area contributed by atoms with Crippen molar-refractivity contribution in [3.63, 3.8) is 0 Å². The molecule has 120 valence electrons. The Hall–Kier alpha value is -1.42. The summed E-state index contributed by atoms with van der Waals surface area (Å²) in [6.45, 7) is 5.24. The maximum Gasteiger partial charge on any atom is 0.239 e. The van der Waals surface area contributed by atoms with Crippen molar-refractivity contribution in [2.45, 2.75) is 45.6 Å². The predicted molar refractivity (Wildman–Crippen MR) is 88.1 cm³/mol. The zero-order valence-corrected chi connectivity index (χ0v) is 14.0. The standard InChI is InChI=1S/C16H23N3O2S/c1-11-12(2)22-16(14(11)9-17)18-15(21)10-19-7-4-3-5-13(19)6-8-20/h13,20H,3-8,10H2,1-2H3,(H,18,21). The van der Waals surface area contributed by atoms with Crippen LogP contribution in [0.3, 0.4) is 0 Å². The number of hydrogen-bond acceptors (Lipinski definition) is 5. The maximum absolute atomic E-state index is 12.3. The van der Waals surface area contributed by atoms with E-state index >= 15 is 0 Å². The Labute approximate surface area is 135 Å². The summed E-state index contributed by atoms with van der Waals surface area (Å²) in [7, 11) is 0. The first-order valence-corrected chi connectivity index (χ1v) is 8.53. The van der Waals surface area contributed by atoms with E-state index in [1.165, 1.54) is 11.3 Å². The minimum Gasteiger partial charge on any atom is -0.396 e. The van der Waals surface area contributed by atoms with Gasteiger partial charge in [-0.15, -0.1) is 11.3 Å². The lowest BCUT2D eigenvalue weighted by Gasteiger charge is -2.34. The molecule has 5 nitrogen and oxygen atoms in total. The van der Waals surface area contributed by atoms with Crippen molar-refractivity contribution in [3.8, 4) is 6.07 Å². The summed E-state index contributed by atoms with van der Waals surface area (Å²) in [4.78, 5) is 15.5. The number of aliphatic hydroxyl groups is 1. The average Bonchev–Trinajstić information content (AvgIpc) is 2.75. The monoisotopic (exact) mass is 321 g/mol. The van der Waals surface area contributed by atoms with Crippen LogP contribution in [0.15, 0.2) is 0 Å². The van der Waals surface area contributed by atoms with Crippen molar-refractivity contribution >= 4 is 22.2 Å². The molecule has 0 bridgehead atoms. The molecule has 1 aliphatic heterocycles. The Kier molecular flexibility index (Phi) is 5.95. The van der Waals surface area contributed by atoms with Crippen molar-refractivity contribution in [2.75, 3.05) is 25.0 Å². The molecule has 2 N–H and O–H groups in total. The van der Waals surface area contributed by atoms with Gasteiger partial charge < -0.3 is 10.4 Å². The highest BCUT2D eigenvalue weighted by atomic mass is 32.1. The molecule has 1 unspecified atom stereocenters. The average molecular weight is 321 g/mol. The molecule has 0 radical (unpaired) electrons. The molecule has 0 spiro atoms. The highest BCUT2D eigenvalue weighted by Gasteiger charge is 2.24. The zero-order chi connectivity index (χ0) is 16.1. The SMILES string of the molecule is Cc1sc(NC(=O)CN2CCCCC2CCO)c(C#N)c1C. The summed E-state index contributed by atoms with van der Waals surface area (Å²) in [6, 6.07) is 2.46. The Balaban J connectivity index is 2.00. The number of thiophene rings is 1. The highest BCUT2D eigenvalue weighted by Crippen LogP contribution is 2.31. The molecule has 0 saturated carbocycles. The molecule has 1 amide bonds. The van der Waals surface area contributed by atoms with Crippen LogP contribution in [0.1, 0.15) is 41.7 Å². The van der Waals surface area contributed by atoms with Crippen molar-refractivity contribution in [1.29, 1.82) is 5.26 Å². The third-order valence-electron chi connectivity index (χ3n) is 4.31.